The van der Waals surface area contributed by atoms with Gasteiger partial charge in [0.2, 0.25) is 0 Å². The predicted octanol–water partition coefficient (Wildman–Crippen LogP) is -1.46. The molecule has 56 valence electrons. The van der Waals surface area contributed by atoms with Crippen LogP contribution in [0.4, 0.5) is 0 Å². The minimum absolute atomic E-state index is 0.0350. The molecule has 0 aliphatic heterocycles. The number of rotatable bonds is 6. The molecule has 0 aliphatic carbocycles. The quantitative estimate of drug-likeness (QED) is 0.446. The maximum atomic E-state index is 8.21. The van der Waals surface area contributed by atoms with E-state index in [0.717, 1.165) is 0 Å². The second-order valence-electron chi connectivity index (χ2n) is 1.16. The molecule has 0 saturated carbocycles. The van der Waals surface area contributed by atoms with Gasteiger partial charge in [-0.15, -0.1) is 0 Å². The van der Waals surface area contributed by atoms with Crippen molar-refractivity contribution in [2.24, 2.45) is 0 Å². The molecule has 0 fully saturated rings. The number of hydrogen-bond donors (Lipinski definition) is 2. The van der Waals surface area contributed by atoms with Gasteiger partial charge >= 0.3 is 64.6 Å². The van der Waals surface area contributed by atoms with Crippen molar-refractivity contribution in [2.75, 3.05) is 26.4 Å². The molecular weight excluding hydrogens is 240 g/mol. The van der Waals surface area contributed by atoms with E-state index in [9.17, 15) is 0 Å². The third kappa shape index (κ3) is 8.63. The summed E-state index contributed by atoms with van der Waals surface area (Å²) < 4.78 is 9.66. The van der Waals surface area contributed by atoms with Crippen LogP contribution in [0.5, 0.6) is 0 Å². The molecule has 5 heteroatoms. The van der Waals surface area contributed by atoms with E-state index in [1.54, 1.807) is 0 Å². The summed E-state index contributed by atoms with van der Waals surface area (Å²) in [4.78, 5) is 0. The second kappa shape index (κ2) is 8.63. The standard InChI is InChI=1S/C4H10O4Te/c5-1-3-7-9-8-4-2-6/h5-6H,1-4H2. The Morgan fingerprint density at radius 2 is 1.44 bits per heavy atom. The third-order valence-corrected chi connectivity index (χ3v) is 1.95. The molecule has 0 bridgehead atoms. The van der Waals surface area contributed by atoms with Crippen molar-refractivity contribution in [3.8, 4) is 0 Å². The molecule has 2 N–H and O–H groups in total. The Labute approximate surface area is 64.9 Å². The van der Waals surface area contributed by atoms with Crippen LogP contribution in [-0.4, -0.2) is 58.4 Å². The summed E-state index contributed by atoms with van der Waals surface area (Å²) in [6, 6.07) is 0. The van der Waals surface area contributed by atoms with Crippen LogP contribution >= 0.6 is 0 Å². The zero-order valence-electron chi connectivity index (χ0n) is 4.95. The van der Waals surface area contributed by atoms with E-state index in [4.69, 9.17) is 16.4 Å². The fourth-order valence-corrected chi connectivity index (χ4v) is 1.18. The number of aliphatic hydroxyl groups excluding tert-OH is 2. The van der Waals surface area contributed by atoms with Gasteiger partial charge in [-0.2, -0.15) is 0 Å². The van der Waals surface area contributed by atoms with E-state index in [2.05, 4.69) is 0 Å². The van der Waals surface area contributed by atoms with Gasteiger partial charge < -0.3 is 0 Å². The van der Waals surface area contributed by atoms with Crippen LogP contribution in [0, 0.1) is 0 Å². The Morgan fingerprint density at radius 1 is 1.00 bits per heavy atom. The van der Waals surface area contributed by atoms with Gasteiger partial charge in [0.25, 0.3) is 0 Å². The molecule has 0 unspecified atom stereocenters. The van der Waals surface area contributed by atoms with Gasteiger partial charge in [-0.3, -0.25) is 0 Å². The summed E-state index contributed by atoms with van der Waals surface area (Å²) in [5, 5.41) is 16.4. The fourth-order valence-electron chi connectivity index (χ4n) is 0.177. The van der Waals surface area contributed by atoms with Crippen molar-refractivity contribution in [3.05, 3.63) is 0 Å². The van der Waals surface area contributed by atoms with Gasteiger partial charge in [-0.1, -0.05) is 0 Å². The molecule has 0 spiro atoms. The average Bonchev–Trinajstić information content (AvgIpc) is 1.89. The second-order valence-corrected chi connectivity index (χ2v) is 2.89. The number of hydrogen-bond acceptors (Lipinski definition) is 4. The Bertz CT molecular complexity index is 45.8. The first-order valence-corrected chi connectivity index (χ1v) is 4.45. The van der Waals surface area contributed by atoms with Crippen molar-refractivity contribution in [1.82, 2.24) is 0 Å². The summed E-state index contributed by atoms with van der Waals surface area (Å²) >= 11 is -0.862. The minimum atomic E-state index is -0.862. The summed E-state index contributed by atoms with van der Waals surface area (Å²) in [6.07, 6.45) is 0. The topological polar surface area (TPSA) is 58.9 Å². The van der Waals surface area contributed by atoms with Gasteiger partial charge in [-0.25, -0.2) is 0 Å². The van der Waals surface area contributed by atoms with Crippen molar-refractivity contribution < 1.29 is 16.4 Å². The zero-order valence-corrected chi connectivity index (χ0v) is 7.28. The SMILES string of the molecule is OCCO[Te]OCCO. The van der Waals surface area contributed by atoms with E-state index in [1.165, 1.54) is 0 Å². The van der Waals surface area contributed by atoms with E-state index in [-0.39, 0.29) is 13.2 Å². The summed E-state index contributed by atoms with van der Waals surface area (Å²) in [7, 11) is 0. The van der Waals surface area contributed by atoms with Crippen LogP contribution in [0.2, 0.25) is 0 Å². The van der Waals surface area contributed by atoms with Crippen LogP contribution in [0.15, 0.2) is 0 Å². The zero-order chi connectivity index (χ0) is 6.95. The first kappa shape index (κ1) is 9.63. The molecule has 0 aliphatic rings. The van der Waals surface area contributed by atoms with E-state index in [1.807, 2.05) is 0 Å². The molecule has 0 aromatic carbocycles. The van der Waals surface area contributed by atoms with Crippen LogP contribution in [0.1, 0.15) is 0 Å². The fraction of sp³-hybridized carbons (Fsp3) is 1.00. The molecule has 0 amide bonds. The molecule has 4 nitrogen and oxygen atoms in total. The molecular formula is C4H10O4Te. The molecule has 0 radical (unpaired) electrons. The molecule has 0 heterocycles. The Morgan fingerprint density at radius 3 is 1.78 bits per heavy atom. The van der Waals surface area contributed by atoms with E-state index >= 15 is 0 Å². The third-order valence-electron chi connectivity index (χ3n) is 0.445. The van der Waals surface area contributed by atoms with Crippen LogP contribution in [0.25, 0.3) is 0 Å². The molecule has 0 aromatic rings. The molecule has 0 atom stereocenters. The van der Waals surface area contributed by atoms with Gasteiger partial charge in [0, 0.05) is 0 Å². The molecule has 0 aromatic heterocycles. The van der Waals surface area contributed by atoms with Crippen molar-refractivity contribution in [1.29, 1.82) is 0 Å². The van der Waals surface area contributed by atoms with Crippen LogP contribution in [0.3, 0.4) is 0 Å². The van der Waals surface area contributed by atoms with Crippen LogP contribution in [-0.2, 0) is 6.20 Å². The molecule has 0 rings (SSSR count). The Balaban J connectivity index is 2.60. The Kier molecular flexibility index (Phi) is 9.23. The van der Waals surface area contributed by atoms with Crippen LogP contribution < -0.4 is 0 Å². The summed E-state index contributed by atoms with van der Waals surface area (Å²) in [5.74, 6) is 0. The van der Waals surface area contributed by atoms with Gasteiger partial charge in [0.1, 0.15) is 0 Å². The maximum absolute atomic E-state index is 8.21. The average molecular weight is 250 g/mol. The first-order valence-electron chi connectivity index (χ1n) is 2.54. The normalized spacial score (nSPS) is 10.0. The van der Waals surface area contributed by atoms with E-state index < -0.39 is 21.7 Å². The van der Waals surface area contributed by atoms with Crippen molar-refractivity contribution in [3.63, 3.8) is 0 Å². The summed E-state index contributed by atoms with van der Waals surface area (Å²) in [6.45, 7) is 0.752. The van der Waals surface area contributed by atoms with Crippen molar-refractivity contribution in [2.45, 2.75) is 0 Å². The van der Waals surface area contributed by atoms with E-state index in [0.29, 0.717) is 13.2 Å². The summed E-state index contributed by atoms with van der Waals surface area (Å²) in [5.41, 5.74) is 0. The molecule has 9 heavy (non-hydrogen) atoms. The van der Waals surface area contributed by atoms with Gasteiger partial charge in [0.05, 0.1) is 0 Å². The first-order chi connectivity index (χ1) is 4.41. The monoisotopic (exact) mass is 252 g/mol. The molecule has 0 saturated heterocycles. The van der Waals surface area contributed by atoms with Gasteiger partial charge in [0.15, 0.2) is 0 Å². The van der Waals surface area contributed by atoms with Gasteiger partial charge in [-0.05, 0) is 0 Å². The predicted molar refractivity (Wildman–Crippen MR) is 31.8 cm³/mol. The number of aliphatic hydroxyl groups is 2. The van der Waals surface area contributed by atoms with Crippen molar-refractivity contribution >= 4 is 21.7 Å². The Hall–Kier alpha value is 0.630.